The molecule has 2 fully saturated rings. The maximum atomic E-state index is 12.0. The van der Waals surface area contributed by atoms with E-state index in [1.807, 2.05) is 18.2 Å². The van der Waals surface area contributed by atoms with Gasteiger partial charge >= 0.3 is 0 Å². The molecule has 1 saturated heterocycles. The Morgan fingerprint density at radius 2 is 2.09 bits per heavy atom. The van der Waals surface area contributed by atoms with Crippen LogP contribution < -0.4 is 10.0 Å². The van der Waals surface area contributed by atoms with Gasteiger partial charge in [0.1, 0.15) is 0 Å². The van der Waals surface area contributed by atoms with Crippen LogP contribution >= 0.6 is 0 Å². The lowest BCUT2D eigenvalue weighted by molar-refractivity contribution is 0.217. The molecule has 3 rings (SSSR count). The smallest absolute Gasteiger partial charge is 0.234 e. The lowest BCUT2D eigenvalue weighted by Gasteiger charge is -2.21. The van der Waals surface area contributed by atoms with Crippen molar-refractivity contribution in [2.75, 3.05) is 37.3 Å². The maximum absolute atomic E-state index is 12.0. The normalized spacial score (nSPS) is 30.1. The predicted octanol–water partition coefficient (Wildman–Crippen LogP) is 1.57. The highest BCUT2D eigenvalue weighted by atomic mass is 32.2. The van der Waals surface area contributed by atoms with E-state index in [4.69, 9.17) is 4.74 Å². The van der Waals surface area contributed by atoms with Crippen LogP contribution in [0.15, 0.2) is 24.3 Å². The molecule has 2 N–H and O–H groups in total. The van der Waals surface area contributed by atoms with E-state index in [-0.39, 0.29) is 17.8 Å². The highest BCUT2D eigenvalue weighted by Crippen LogP contribution is 2.63. The highest BCUT2D eigenvalue weighted by molar-refractivity contribution is 7.92. The Balaban J connectivity index is 1.79. The summed E-state index contributed by atoms with van der Waals surface area (Å²) >= 11 is 0. The van der Waals surface area contributed by atoms with Crippen LogP contribution in [0.5, 0.6) is 0 Å². The molecule has 0 aromatic heterocycles. The van der Waals surface area contributed by atoms with E-state index < -0.39 is 10.0 Å². The highest BCUT2D eigenvalue weighted by Gasteiger charge is 2.65. The molecule has 0 bridgehead atoms. The zero-order chi connectivity index (χ0) is 15.8. The second kappa shape index (κ2) is 5.83. The Labute approximate surface area is 132 Å². The number of methoxy groups -OCH3 is 1. The molecule has 1 saturated carbocycles. The minimum Gasteiger partial charge on any atom is -0.384 e. The van der Waals surface area contributed by atoms with Gasteiger partial charge in [0.05, 0.1) is 12.4 Å². The lowest BCUT2D eigenvalue weighted by Crippen LogP contribution is -2.25. The number of piperidine rings is 1. The molecule has 5 nitrogen and oxygen atoms in total. The van der Waals surface area contributed by atoms with Crippen molar-refractivity contribution in [1.29, 1.82) is 0 Å². The van der Waals surface area contributed by atoms with Gasteiger partial charge in [-0.15, -0.1) is 0 Å². The average molecular weight is 324 g/mol. The SMILES string of the molecule is CCC1(c2cccc(NS(=O)(=O)CCOC)c2)C2CNCC21. The van der Waals surface area contributed by atoms with Crippen LogP contribution in [-0.4, -0.2) is 41.0 Å². The standard InChI is InChI=1S/C16H24N2O3S/c1-3-16(14-10-17-11-15(14)16)12-5-4-6-13(9-12)18-22(19,20)8-7-21-2/h4-6,9,14-15,17-18H,3,7-8,10-11H2,1-2H3. The fourth-order valence-electron chi connectivity index (χ4n) is 4.10. The molecular formula is C16H24N2O3S. The number of fused-ring (bicyclic) bond motifs is 1. The molecule has 1 aromatic carbocycles. The van der Waals surface area contributed by atoms with Crippen molar-refractivity contribution in [3.8, 4) is 0 Å². The summed E-state index contributed by atoms with van der Waals surface area (Å²) in [5, 5.41) is 3.43. The Morgan fingerprint density at radius 3 is 2.73 bits per heavy atom. The molecule has 2 unspecified atom stereocenters. The zero-order valence-corrected chi connectivity index (χ0v) is 13.9. The fraction of sp³-hybridized carbons (Fsp3) is 0.625. The monoisotopic (exact) mass is 324 g/mol. The van der Waals surface area contributed by atoms with Gasteiger partial charge in [-0.3, -0.25) is 4.72 Å². The molecule has 0 radical (unpaired) electrons. The van der Waals surface area contributed by atoms with Gasteiger partial charge in [-0.2, -0.15) is 0 Å². The van der Waals surface area contributed by atoms with Gasteiger partial charge in [0.25, 0.3) is 0 Å². The molecule has 2 aliphatic rings. The first-order valence-corrected chi connectivity index (χ1v) is 9.49. The second-order valence-corrected chi connectivity index (χ2v) is 8.10. The van der Waals surface area contributed by atoms with Crippen LogP contribution in [-0.2, 0) is 20.2 Å². The molecule has 2 atom stereocenters. The van der Waals surface area contributed by atoms with Crippen molar-refractivity contribution in [2.45, 2.75) is 18.8 Å². The predicted molar refractivity (Wildman–Crippen MR) is 87.5 cm³/mol. The van der Waals surface area contributed by atoms with Crippen molar-refractivity contribution in [1.82, 2.24) is 5.32 Å². The summed E-state index contributed by atoms with van der Waals surface area (Å²) in [5.41, 5.74) is 2.15. The van der Waals surface area contributed by atoms with E-state index in [9.17, 15) is 8.42 Å². The molecule has 1 heterocycles. The third kappa shape index (κ3) is 2.64. The number of nitrogens with one attached hydrogen (secondary N) is 2. The Hall–Kier alpha value is -1.11. The van der Waals surface area contributed by atoms with Gasteiger partial charge in [-0.25, -0.2) is 8.42 Å². The number of rotatable bonds is 7. The summed E-state index contributed by atoms with van der Waals surface area (Å²) in [5.74, 6) is 1.36. The van der Waals surface area contributed by atoms with Gasteiger partial charge in [0.2, 0.25) is 10.0 Å². The van der Waals surface area contributed by atoms with Gasteiger partial charge in [-0.05, 0) is 49.0 Å². The van der Waals surface area contributed by atoms with Crippen LogP contribution in [0.2, 0.25) is 0 Å². The molecule has 1 aliphatic carbocycles. The molecule has 22 heavy (non-hydrogen) atoms. The molecule has 0 spiro atoms. The minimum atomic E-state index is -3.35. The van der Waals surface area contributed by atoms with Crippen LogP contribution in [0.25, 0.3) is 0 Å². The van der Waals surface area contributed by atoms with Gasteiger partial charge in [0, 0.05) is 18.2 Å². The maximum Gasteiger partial charge on any atom is 0.234 e. The molecule has 1 aromatic rings. The molecule has 0 amide bonds. The van der Waals surface area contributed by atoms with Gasteiger partial charge < -0.3 is 10.1 Å². The Bertz CT molecular complexity index is 635. The van der Waals surface area contributed by atoms with Crippen molar-refractivity contribution in [3.05, 3.63) is 29.8 Å². The van der Waals surface area contributed by atoms with Crippen molar-refractivity contribution in [3.63, 3.8) is 0 Å². The quantitative estimate of drug-likeness (QED) is 0.799. The van der Waals surface area contributed by atoms with Crippen LogP contribution in [0.3, 0.4) is 0 Å². The van der Waals surface area contributed by atoms with Crippen molar-refractivity contribution >= 4 is 15.7 Å². The number of benzene rings is 1. The number of sulfonamides is 1. The van der Waals surface area contributed by atoms with Crippen LogP contribution in [0.1, 0.15) is 18.9 Å². The molecular weight excluding hydrogens is 300 g/mol. The van der Waals surface area contributed by atoms with Crippen molar-refractivity contribution in [2.24, 2.45) is 11.8 Å². The number of hydrogen-bond donors (Lipinski definition) is 2. The first-order chi connectivity index (χ1) is 10.5. The van der Waals surface area contributed by atoms with Crippen LogP contribution in [0, 0.1) is 11.8 Å². The second-order valence-electron chi connectivity index (χ2n) is 6.26. The molecule has 122 valence electrons. The fourth-order valence-corrected chi connectivity index (χ4v) is 5.07. The lowest BCUT2D eigenvalue weighted by atomic mass is 9.87. The van der Waals surface area contributed by atoms with E-state index in [1.165, 1.54) is 12.7 Å². The average Bonchev–Trinajstić information content (AvgIpc) is 2.85. The zero-order valence-electron chi connectivity index (χ0n) is 13.1. The molecule has 1 aliphatic heterocycles. The van der Waals surface area contributed by atoms with E-state index in [0.29, 0.717) is 17.5 Å². The summed E-state index contributed by atoms with van der Waals surface area (Å²) in [6.45, 7) is 4.57. The van der Waals surface area contributed by atoms with Crippen molar-refractivity contribution < 1.29 is 13.2 Å². The first kappa shape index (κ1) is 15.8. The molecule has 6 heteroatoms. The number of ether oxygens (including phenoxy) is 1. The van der Waals surface area contributed by atoms with E-state index in [0.717, 1.165) is 19.5 Å². The largest absolute Gasteiger partial charge is 0.384 e. The van der Waals surface area contributed by atoms with Gasteiger partial charge in [-0.1, -0.05) is 19.1 Å². The summed E-state index contributed by atoms with van der Waals surface area (Å²) in [6, 6.07) is 7.90. The summed E-state index contributed by atoms with van der Waals surface area (Å²) < 4.78 is 31.5. The summed E-state index contributed by atoms with van der Waals surface area (Å²) in [4.78, 5) is 0. The topological polar surface area (TPSA) is 67.4 Å². The third-order valence-electron chi connectivity index (χ3n) is 5.24. The minimum absolute atomic E-state index is 0.0260. The van der Waals surface area contributed by atoms with Gasteiger partial charge in [0.15, 0.2) is 0 Å². The van der Waals surface area contributed by atoms with E-state index in [2.05, 4.69) is 23.0 Å². The van der Waals surface area contributed by atoms with E-state index in [1.54, 1.807) is 0 Å². The Kier molecular flexibility index (Phi) is 4.18. The summed E-state index contributed by atoms with van der Waals surface area (Å²) in [6.07, 6.45) is 1.10. The summed E-state index contributed by atoms with van der Waals surface area (Å²) in [7, 11) is -1.85. The van der Waals surface area contributed by atoms with Crippen LogP contribution in [0.4, 0.5) is 5.69 Å². The number of anilines is 1. The first-order valence-electron chi connectivity index (χ1n) is 7.84. The third-order valence-corrected chi connectivity index (χ3v) is 6.49. The Morgan fingerprint density at radius 1 is 1.36 bits per heavy atom. The number of hydrogen-bond acceptors (Lipinski definition) is 4. The van der Waals surface area contributed by atoms with E-state index >= 15 is 0 Å².